The predicted molar refractivity (Wildman–Crippen MR) is 46.2 cm³/mol. The lowest BCUT2D eigenvalue weighted by atomic mass is 10.2. The Hall–Kier alpha value is -0.570. The van der Waals surface area contributed by atoms with Crippen LogP contribution in [-0.4, -0.2) is 29.9 Å². The number of carbonyl (C=O) groups excluding carboxylic acids is 1. The molecule has 0 aromatic carbocycles. The predicted octanol–water partition coefficient (Wildman–Crippen LogP) is 0.590. The summed E-state index contributed by atoms with van der Waals surface area (Å²) in [5.41, 5.74) is 5.56. The molecule has 0 bridgehead atoms. The Kier molecular flexibility index (Phi) is 4.11. The van der Waals surface area contributed by atoms with Gasteiger partial charge in [-0.15, -0.1) is 0 Å². The molecule has 0 rings (SSSR count). The third kappa shape index (κ3) is 2.89. The molecular weight excluding hydrogens is 140 g/mol. The van der Waals surface area contributed by atoms with Crippen LogP contribution < -0.4 is 5.73 Å². The van der Waals surface area contributed by atoms with Crippen molar-refractivity contribution in [3.63, 3.8) is 0 Å². The van der Waals surface area contributed by atoms with Crippen LogP contribution in [0.15, 0.2) is 0 Å². The molecule has 0 aromatic rings. The minimum Gasteiger partial charge on any atom is -0.342 e. The van der Waals surface area contributed by atoms with Gasteiger partial charge in [-0.05, 0) is 20.3 Å². The maximum atomic E-state index is 11.3. The Labute approximate surface area is 68.6 Å². The number of hydrogen-bond donors (Lipinski definition) is 1. The molecule has 2 N–H and O–H groups in total. The van der Waals surface area contributed by atoms with Crippen molar-refractivity contribution in [2.24, 2.45) is 5.73 Å². The molecule has 0 saturated carbocycles. The van der Waals surface area contributed by atoms with Crippen LogP contribution in [0.1, 0.15) is 27.2 Å². The van der Waals surface area contributed by atoms with Crippen molar-refractivity contribution < 1.29 is 4.79 Å². The quantitative estimate of drug-likeness (QED) is 0.653. The summed E-state index contributed by atoms with van der Waals surface area (Å²) >= 11 is 0. The molecule has 0 aliphatic rings. The van der Waals surface area contributed by atoms with Crippen molar-refractivity contribution >= 4 is 5.91 Å². The van der Waals surface area contributed by atoms with Gasteiger partial charge in [-0.1, -0.05) is 6.92 Å². The molecule has 1 atom stereocenters. The number of nitrogens with two attached hydrogens (primary N) is 1. The minimum atomic E-state index is -0.331. The van der Waals surface area contributed by atoms with Crippen LogP contribution in [-0.2, 0) is 4.79 Å². The topological polar surface area (TPSA) is 46.3 Å². The molecule has 66 valence electrons. The van der Waals surface area contributed by atoms with Gasteiger partial charge in [0.2, 0.25) is 5.91 Å². The van der Waals surface area contributed by atoms with Crippen LogP contribution in [0.25, 0.3) is 0 Å². The van der Waals surface area contributed by atoms with E-state index in [2.05, 4.69) is 0 Å². The number of hydrogen-bond acceptors (Lipinski definition) is 2. The molecule has 0 unspecified atom stereocenters. The van der Waals surface area contributed by atoms with E-state index in [1.807, 2.05) is 20.8 Å². The lowest BCUT2D eigenvalue weighted by Crippen LogP contribution is -2.44. The van der Waals surface area contributed by atoms with Gasteiger partial charge >= 0.3 is 0 Å². The van der Waals surface area contributed by atoms with Crippen molar-refractivity contribution in [3.05, 3.63) is 0 Å². The molecule has 0 heterocycles. The molecule has 0 aromatic heterocycles. The standard InChI is InChI=1S/C8H18N2O/c1-5-7(9)8(11)10(4)6(2)3/h6-7H,5,9H2,1-4H3/t7-/m1/s1. The summed E-state index contributed by atoms with van der Waals surface area (Å²) in [4.78, 5) is 13.0. The van der Waals surface area contributed by atoms with Gasteiger partial charge in [0.15, 0.2) is 0 Å². The molecule has 0 fully saturated rings. The number of nitrogens with zero attached hydrogens (tertiary/aromatic N) is 1. The molecule has 1 amide bonds. The van der Waals surface area contributed by atoms with E-state index in [-0.39, 0.29) is 18.0 Å². The summed E-state index contributed by atoms with van der Waals surface area (Å²) in [6, 6.07) is -0.0949. The van der Waals surface area contributed by atoms with E-state index in [4.69, 9.17) is 5.73 Å². The largest absolute Gasteiger partial charge is 0.342 e. The summed E-state index contributed by atoms with van der Waals surface area (Å²) in [7, 11) is 1.78. The normalized spacial score (nSPS) is 13.3. The second-order valence-corrected chi connectivity index (χ2v) is 3.06. The van der Waals surface area contributed by atoms with Gasteiger partial charge in [0.05, 0.1) is 6.04 Å². The van der Waals surface area contributed by atoms with E-state index in [1.165, 1.54) is 0 Å². The summed E-state index contributed by atoms with van der Waals surface area (Å²) < 4.78 is 0. The van der Waals surface area contributed by atoms with Gasteiger partial charge in [0.25, 0.3) is 0 Å². The first-order valence-electron chi connectivity index (χ1n) is 4.03. The molecule has 0 saturated heterocycles. The molecule has 0 aliphatic heterocycles. The van der Waals surface area contributed by atoms with Crippen LogP contribution in [0, 0.1) is 0 Å². The van der Waals surface area contributed by atoms with E-state index in [1.54, 1.807) is 11.9 Å². The smallest absolute Gasteiger partial charge is 0.239 e. The summed E-state index contributed by atoms with van der Waals surface area (Å²) in [6.07, 6.45) is 0.704. The fourth-order valence-corrected chi connectivity index (χ4v) is 0.691. The number of carbonyl (C=O) groups is 1. The first kappa shape index (κ1) is 10.4. The number of rotatable bonds is 3. The Morgan fingerprint density at radius 1 is 1.55 bits per heavy atom. The van der Waals surface area contributed by atoms with E-state index in [9.17, 15) is 4.79 Å². The van der Waals surface area contributed by atoms with Crippen LogP contribution in [0.2, 0.25) is 0 Å². The summed E-state index contributed by atoms with van der Waals surface area (Å²) in [5, 5.41) is 0. The van der Waals surface area contributed by atoms with Gasteiger partial charge in [-0.25, -0.2) is 0 Å². The zero-order chi connectivity index (χ0) is 9.02. The fraction of sp³-hybridized carbons (Fsp3) is 0.875. The van der Waals surface area contributed by atoms with Crippen molar-refractivity contribution in [2.45, 2.75) is 39.3 Å². The average molecular weight is 158 g/mol. The zero-order valence-corrected chi connectivity index (χ0v) is 7.79. The lowest BCUT2D eigenvalue weighted by Gasteiger charge is -2.24. The van der Waals surface area contributed by atoms with Gasteiger partial charge in [-0.2, -0.15) is 0 Å². The fourth-order valence-electron chi connectivity index (χ4n) is 0.691. The van der Waals surface area contributed by atoms with Crippen LogP contribution in [0.4, 0.5) is 0 Å². The van der Waals surface area contributed by atoms with Crippen LogP contribution in [0.5, 0.6) is 0 Å². The highest BCUT2D eigenvalue weighted by Gasteiger charge is 2.17. The molecule has 0 radical (unpaired) electrons. The Morgan fingerprint density at radius 2 is 2.00 bits per heavy atom. The molecule has 3 heteroatoms. The maximum absolute atomic E-state index is 11.3. The molecule has 0 aliphatic carbocycles. The Morgan fingerprint density at radius 3 is 2.27 bits per heavy atom. The molecule has 11 heavy (non-hydrogen) atoms. The van der Waals surface area contributed by atoms with Crippen molar-refractivity contribution in [1.82, 2.24) is 4.90 Å². The van der Waals surface area contributed by atoms with Gasteiger partial charge in [-0.3, -0.25) is 4.79 Å². The monoisotopic (exact) mass is 158 g/mol. The Bertz CT molecular complexity index is 134. The third-order valence-electron chi connectivity index (χ3n) is 1.88. The van der Waals surface area contributed by atoms with Gasteiger partial charge in [0.1, 0.15) is 0 Å². The van der Waals surface area contributed by atoms with E-state index < -0.39 is 0 Å². The van der Waals surface area contributed by atoms with Gasteiger partial charge in [0, 0.05) is 13.1 Å². The highest BCUT2D eigenvalue weighted by Crippen LogP contribution is 1.98. The van der Waals surface area contributed by atoms with E-state index in [0.29, 0.717) is 6.42 Å². The molecular formula is C8H18N2O. The van der Waals surface area contributed by atoms with E-state index in [0.717, 1.165) is 0 Å². The van der Waals surface area contributed by atoms with Crippen molar-refractivity contribution in [2.75, 3.05) is 7.05 Å². The third-order valence-corrected chi connectivity index (χ3v) is 1.88. The maximum Gasteiger partial charge on any atom is 0.239 e. The highest BCUT2D eigenvalue weighted by molar-refractivity contribution is 5.81. The molecule has 3 nitrogen and oxygen atoms in total. The first-order chi connectivity index (χ1) is 5.00. The van der Waals surface area contributed by atoms with E-state index >= 15 is 0 Å². The van der Waals surface area contributed by atoms with Crippen LogP contribution >= 0.6 is 0 Å². The highest BCUT2D eigenvalue weighted by atomic mass is 16.2. The zero-order valence-electron chi connectivity index (χ0n) is 7.79. The van der Waals surface area contributed by atoms with Crippen molar-refractivity contribution in [3.8, 4) is 0 Å². The minimum absolute atomic E-state index is 0.0301. The number of likely N-dealkylation sites (N-methyl/N-ethyl adjacent to an activating group) is 1. The van der Waals surface area contributed by atoms with Gasteiger partial charge < -0.3 is 10.6 Å². The molecule has 0 spiro atoms. The lowest BCUT2D eigenvalue weighted by molar-refractivity contribution is -0.132. The second-order valence-electron chi connectivity index (χ2n) is 3.06. The Balaban J connectivity index is 4.02. The number of amides is 1. The summed E-state index contributed by atoms with van der Waals surface area (Å²) in [6.45, 7) is 5.86. The summed E-state index contributed by atoms with van der Waals surface area (Å²) in [5.74, 6) is 0.0301. The average Bonchev–Trinajstić information content (AvgIpc) is 2.00. The first-order valence-corrected chi connectivity index (χ1v) is 4.03. The SMILES string of the molecule is CC[C@@H](N)C(=O)N(C)C(C)C. The van der Waals surface area contributed by atoms with Crippen molar-refractivity contribution in [1.29, 1.82) is 0 Å². The second kappa shape index (κ2) is 4.34. The van der Waals surface area contributed by atoms with Crippen LogP contribution in [0.3, 0.4) is 0 Å².